The second kappa shape index (κ2) is 8.20. The van der Waals surface area contributed by atoms with Crippen LogP contribution in [0.3, 0.4) is 0 Å². The number of hydrogen-bond donors (Lipinski definition) is 1. The number of amides is 1. The molecule has 1 aromatic carbocycles. The highest BCUT2D eigenvalue weighted by molar-refractivity contribution is 6.29. The summed E-state index contributed by atoms with van der Waals surface area (Å²) in [4.78, 5) is 14.5. The summed E-state index contributed by atoms with van der Waals surface area (Å²) in [6, 6.07) is 7.74. The van der Waals surface area contributed by atoms with Crippen molar-refractivity contribution in [2.24, 2.45) is 5.92 Å². The van der Waals surface area contributed by atoms with Crippen molar-refractivity contribution < 1.29 is 9.53 Å². The molecule has 0 atom stereocenters. The number of methoxy groups -OCH3 is 1. The Morgan fingerprint density at radius 3 is 2.55 bits per heavy atom. The van der Waals surface area contributed by atoms with E-state index < -0.39 is 0 Å². The third kappa shape index (κ3) is 5.04. The van der Waals surface area contributed by atoms with Crippen molar-refractivity contribution in [3.05, 3.63) is 41.4 Å². The van der Waals surface area contributed by atoms with E-state index in [-0.39, 0.29) is 11.8 Å². The fraction of sp³-hybridized carbons (Fsp3) is 0.471. The van der Waals surface area contributed by atoms with Crippen LogP contribution in [-0.4, -0.2) is 37.6 Å². The van der Waals surface area contributed by atoms with Crippen molar-refractivity contribution in [2.75, 3.05) is 26.7 Å². The Hall–Kier alpha value is -1.52. The van der Waals surface area contributed by atoms with Crippen molar-refractivity contribution in [2.45, 2.75) is 19.4 Å². The predicted octanol–water partition coefficient (Wildman–Crippen LogP) is 2.78. The number of rotatable bonds is 6. The summed E-state index contributed by atoms with van der Waals surface area (Å²) >= 11 is 5.82. The summed E-state index contributed by atoms with van der Waals surface area (Å²) < 4.78 is 5.12. The van der Waals surface area contributed by atoms with E-state index in [1.807, 2.05) is 24.3 Å². The number of halogens is 1. The first-order chi connectivity index (χ1) is 10.6. The van der Waals surface area contributed by atoms with Gasteiger partial charge >= 0.3 is 0 Å². The van der Waals surface area contributed by atoms with Crippen LogP contribution in [0.5, 0.6) is 5.75 Å². The molecule has 0 spiro atoms. The molecule has 1 aliphatic heterocycles. The van der Waals surface area contributed by atoms with E-state index in [2.05, 4.69) is 16.8 Å². The number of nitrogens with one attached hydrogen (secondary N) is 1. The predicted molar refractivity (Wildman–Crippen MR) is 89.0 cm³/mol. The normalized spacial score (nSPS) is 16.3. The molecule has 1 saturated heterocycles. The standard InChI is InChI=1S/C17H23ClN2O2/c1-13(18)12-20-9-7-15(8-10-20)17(21)19-11-14-3-5-16(22-2)6-4-14/h3-6,15H,1,7-12H2,2H3,(H,19,21). The number of likely N-dealkylation sites (tertiary alicyclic amines) is 1. The highest BCUT2D eigenvalue weighted by atomic mass is 35.5. The highest BCUT2D eigenvalue weighted by Crippen LogP contribution is 2.19. The molecule has 1 aromatic rings. The van der Waals surface area contributed by atoms with Gasteiger partial charge in [0.2, 0.25) is 5.91 Å². The molecular formula is C17H23ClN2O2. The summed E-state index contributed by atoms with van der Waals surface area (Å²) in [7, 11) is 1.64. The third-order valence-electron chi connectivity index (χ3n) is 3.98. The lowest BCUT2D eigenvalue weighted by atomic mass is 9.96. The number of benzene rings is 1. The summed E-state index contributed by atoms with van der Waals surface area (Å²) in [5, 5.41) is 3.67. The summed E-state index contributed by atoms with van der Waals surface area (Å²) in [5.74, 6) is 1.06. The first-order valence-electron chi connectivity index (χ1n) is 7.54. The molecule has 1 fully saturated rings. The van der Waals surface area contributed by atoms with Crippen LogP contribution in [0.4, 0.5) is 0 Å². The lowest BCUT2D eigenvalue weighted by molar-refractivity contribution is -0.126. The Labute approximate surface area is 137 Å². The average Bonchev–Trinajstić information content (AvgIpc) is 2.53. The summed E-state index contributed by atoms with van der Waals surface area (Å²) in [6.07, 6.45) is 1.75. The maximum absolute atomic E-state index is 12.2. The van der Waals surface area contributed by atoms with Crippen molar-refractivity contribution in [3.63, 3.8) is 0 Å². The lowest BCUT2D eigenvalue weighted by Crippen LogP contribution is -2.40. The molecule has 5 heteroatoms. The molecule has 0 saturated carbocycles. The van der Waals surface area contributed by atoms with E-state index in [1.165, 1.54) is 0 Å². The van der Waals surface area contributed by atoms with E-state index >= 15 is 0 Å². The van der Waals surface area contributed by atoms with Gasteiger partial charge in [-0.15, -0.1) is 0 Å². The van der Waals surface area contributed by atoms with Crippen molar-refractivity contribution in [1.82, 2.24) is 10.2 Å². The minimum Gasteiger partial charge on any atom is -0.497 e. The van der Waals surface area contributed by atoms with Gasteiger partial charge in [0, 0.05) is 24.0 Å². The highest BCUT2D eigenvalue weighted by Gasteiger charge is 2.24. The van der Waals surface area contributed by atoms with Gasteiger partial charge < -0.3 is 10.1 Å². The Balaban J connectivity index is 1.74. The van der Waals surface area contributed by atoms with Crippen LogP contribution in [0.1, 0.15) is 18.4 Å². The van der Waals surface area contributed by atoms with Gasteiger partial charge in [-0.1, -0.05) is 30.3 Å². The average molecular weight is 323 g/mol. The van der Waals surface area contributed by atoms with Gasteiger partial charge in [0.05, 0.1) is 7.11 Å². The second-order valence-electron chi connectivity index (χ2n) is 5.63. The van der Waals surface area contributed by atoms with Crippen LogP contribution in [-0.2, 0) is 11.3 Å². The molecule has 4 nitrogen and oxygen atoms in total. The molecule has 0 unspecified atom stereocenters. The molecular weight excluding hydrogens is 300 g/mol. The van der Waals surface area contributed by atoms with Gasteiger partial charge in [-0.25, -0.2) is 0 Å². The quantitative estimate of drug-likeness (QED) is 0.875. The number of ether oxygens (including phenoxy) is 1. The van der Waals surface area contributed by atoms with Gasteiger partial charge in [0.15, 0.2) is 0 Å². The molecule has 22 heavy (non-hydrogen) atoms. The fourth-order valence-corrected chi connectivity index (χ4v) is 2.84. The smallest absolute Gasteiger partial charge is 0.223 e. The topological polar surface area (TPSA) is 41.6 Å². The van der Waals surface area contributed by atoms with E-state index in [1.54, 1.807) is 7.11 Å². The third-order valence-corrected chi connectivity index (χ3v) is 4.10. The Morgan fingerprint density at radius 2 is 2.00 bits per heavy atom. The number of carbonyl (C=O) groups is 1. The Morgan fingerprint density at radius 1 is 1.36 bits per heavy atom. The number of carbonyl (C=O) groups excluding carboxylic acids is 1. The van der Waals surface area contributed by atoms with Crippen LogP contribution in [0.2, 0.25) is 0 Å². The van der Waals surface area contributed by atoms with Crippen molar-refractivity contribution in [3.8, 4) is 5.75 Å². The van der Waals surface area contributed by atoms with Crippen LogP contribution < -0.4 is 10.1 Å². The number of nitrogens with zero attached hydrogens (tertiary/aromatic N) is 1. The molecule has 0 aromatic heterocycles. The SMILES string of the molecule is C=C(Cl)CN1CCC(C(=O)NCc2ccc(OC)cc2)CC1. The zero-order chi connectivity index (χ0) is 15.9. The van der Waals surface area contributed by atoms with E-state index in [0.717, 1.165) is 37.2 Å². The molecule has 0 aliphatic carbocycles. The minimum atomic E-state index is 0.0955. The van der Waals surface area contributed by atoms with Crippen LogP contribution in [0, 0.1) is 5.92 Å². The monoisotopic (exact) mass is 322 g/mol. The summed E-state index contributed by atoms with van der Waals surface area (Å²) in [5.41, 5.74) is 1.07. The van der Waals surface area contributed by atoms with Gasteiger partial charge in [0.25, 0.3) is 0 Å². The van der Waals surface area contributed by atoms with Crippen molar-refractivity contribution in [1.29, 1.82) is 0 Å². The van der Waals surface area contributed by atoms with Gasteiger partial charge in [-0.3, -0.25) is 9.69 Å². The molecule has 0 radical (unpaired) electrons. The second-order valence-corrected chi connectivity index (χ2v) is 6.17. The van der Waals surface area contributed by atoms with Crippen molar-refractivity contribution >= 4 is 17.5 Å². The van der Waals surface area contributed by atoms with E-state index in [0.29, 0.717) is 18.1 Å². The van der Waals surface area contributed by atoms with Gasteiger partial charge in [-0.05, 0) is 43.6 Å². The maximum atomic E-state index is 12.2. The lowest BCUT2D eigenvalue weighted by Gasteiger charge is -2.30. The molecule has 1 amide bonds. The molecule has 120 valence electrons. The maximum Gasteiger partial charge on any atom is 0.223 e. The fourth-order valence-electron chi connectivity index (χ4n) is 2.67. The molecule has 0 bridgehead atoms. The number of hydrogen-bond acceptors (Lipinski definition) is 3. The number of piperidine rings is 1. The largest absolute Gasteiger partial charge is 0.497 e. The molecule has 2 rings (SSSR count). The zero-order valence-corrected chi connectivity index (χ0v) is 13.7. The first-order valence-corrected chi connectivity index (χ1v) is 7.92. The minimum absolute atomic E-state index is 0.0955. The Bertz CT molecular complexity index is 508. The van der Waals surface area contributed by atoms with Gasteiger partial charge in [-0.2, -0.15) is 0 Å². The summed E-state index contributed by atoms with van der Waals surface area (Å²) in [6.45, 7) is 6.77. The molecule has 1 aliphatic rings. The Kier molecular flexibility index (Phi) is 6.28. The van der Waals surface area contributed by atoms with E-state index in [4.69, 9.17) is 16.3 Å². The molecule has 1 heterocycles. The van der Waals surface area contributed by atoms with Crippen LogP contribution in [0.15, 0.2) is 35.9 Å². The van der Waals surface area contributed by atoms with Gasteiger partial charge in [0.1, 0.15) is 5.75 Å². The zero-order valence-electron chi connectivity index (χ0n) is 13.0. The van der Waals surface area contributed by atoms with E-state index in [9.17, 15) is 4.79 Å². The van der Waals surface area contributed by atoms with Crippen LogP contribution >= 0.6 is 11.6 Å². The molecule has 1 N–H and O–H groups in total. The van der Waals surface area contributed by atoms with Crippen LogP contribution in [0.25, 0.3) is 0 Å². The first kappa shape index (κ1) is 16.8.